The van der Waals surface area contributed by atoms with Gasteiger partial charge in [0.05, 0.1) is 24.2 Å². The number of carbonyl (C=O) groups excluding carboxylic acids is 1. The highest BCUT2D eigenvalue weighted by atomic mass is 28.3. The molecule has 1 saturated heterocycles. The van der Waals surface area contributed by atoms with Crippen LogP contribution in [0.4, 0.5) is 36.8 Å². The normalized spacial score (nSPS) is 15.0. The number of hydrogen-bond acceptors (Lipinski definition) is 6. The quantitative estimate of drug-likeness (QED) is 0.123. The Labute approximate surface area is 257 Å². The molecule has 2 aromatic heterocycles. The summed E-state index contributed by atoms with van der Waals surface area (Å²) in [6.07, 6.45) is -7.18. The number of nitrogens with one attached hydrogen (secondary N) is 2. The van der Waals surface area contributed by atoms with Gasteiger partial charge in [-0.05, 0) is 43.3 Å². The number of anilines is 1. The average Bonchev–Trinajstić information content (AvgIpc) is 3.34. The summed E-state index contributed by atoms with van der Waals surface area (Å²) in [6.45, 7) is 10.4. The maximum absolute atomic E-state index is 14.1. The smallest absolute Gasteiger partial charge is 0.420 e. The van der Waals surface area contributed by atoms with Crippen molar-refractivity contribution in [3.8, 4) is 11.5 Å². The van der Waals surface area contributed by atoms with Crippen LogP contribution in [0.25, 0.3) is 11.0 Å². The van der Waals surface area contributed by atoms with Crippen LogP contribution in [0.15, 0.2) is 36.7 Å². The van der Waals surface area contributed by atoms with Gasteiger partial charge in [0.1, 0.15) is 29.4 Å². The maximum Gasteiger partial charge on any atom is 0.420 e. The van der Waals surface area contributed by atoms with E-state index in [9.17, 15) is 31.1 Å². The predicted octanol–water partition coefficient (Wildman–Crippen LogP) is 7.02. The topological polar surface area (TPSA) is 89.9 Å². The van der Waals surface area contributed by atoms with Gasteiger partial charge >= 0.3 is 18.4 Å². The zero-order valence-corrected chi connectivity index (χ0v) is 26.3. The fraction of sp³-hybridized carbons (Fsp3) is 0.517. The molecule has 1 fully saturated rings. The summed E-state index contributed by atoms with van der Waals surface area (Å²) < 4.78 is 102. The lowest BCUT2D eigenvalue weighted by atomic mass is 10.1. The summed E-state index contributed by atoms with van der Waals surface area (Å²) in [5, 5.41) is 4.48. The van der Waals surface area contributed by atoms with Gasteiger partial charge in [0.2, 0.25) is 0 Å². The van der Waals surface area contributed by atoms with Gasteiger partial charge in [0, 0.05) is 52.4 Å². The minimum absolute atomic E-state index is 0.148. The van der Waals surface area contributed by atoms with Crippen molar-refractivity contribution in [3.05, 3.63) is 47.8 Å². The van der Waals surface area contributed by atoms with Crippen LogP contribution in [0, 0.1) is 0 Å². The summed E-state index contributed by atoms with van der Waals surface area (Å²) >= 11 is 0. The Morgan fingerprint density at radius 3 is 2.40 bits per heavy atom. The van der Waals surface area contributed by atoms with Crippen molar-refractivity contribution >= 4 is 30.8 Å². The molecular formula is C29H37F6N5O4Si. The molecule has 1 aliphatic heterocycles. The van der Waals surface area contributed by atoms with Crippen LogP contribution in [0.5, 0.6) is 11.5 Å². The van der Waals surface area contributed by atoms with E-state index in [4.69, 9.17) is 14.2 Å². The lowest BCUT2D eigenvalue weighted by Gasteiger charge is -2.26. The van der Waals surface area contributed by atoms with Crippen molar-refractivity contribution in [1.82, 2.24) is 19.8 Å². The number of nitrogens with zero attached hydrogens (tertiary/aromatic N) is 3. The standard InChI is InChI=1S/C29H37F6N5O4Si/c1-45(2,3)16-15-43-19-40-18-22(29(33,34)35)25-24(7-9-36-26(25)40)44-23-6-5-20(17-21(23)28(30,31)32)38-27(41)37-8-4-10-39-11-13-42-14-12-39/h5-7,9,17-18H,4,8,10-16,19H2,1-3H3,(H2,37,38,41). The van der Waals surface area contributed by atoms with Gasteiger partial charge in [-0.1, -0.05) is 19.6 Å². The Bertz CT molecular complexity index is 1450. The number of pyridine rings is 1. The van der Waals surface area contributed by atoms with Gasteiger partial charge in [-0.15, -0.1) is 0 Å². The highest BCUT2D eigenvalue weighted by Crippen LogP contribution is 2.44. The van der Waals surface area contributed by atoms with Gasteiger partial charge < -0.3 is 29.4 Å². The van der Waals surface area contributed by atoms with Crippen molar-refractivity contribution < 1.29 is 45.3 Å². The van der Waals surface area contributed by atoms with Gasteiger partial charge in [-0.25, -0.2) is 9.78 Å². The van der Waals surface area contributed by atoms with Crippen molar-refractivity contribution in [2.45, 2.75) is 51.2 Å². The summed E-state index contributed by atoms with van der Waals surface area (Å²) in [5.74, 6) is -1.20. The highest BCUT2D eigenvalue weighted by molar-refractivity contribution is 6.76. The SMILES string of the molecule is C[Si](C)(C)CCOCn1cc(C(F)(F)F)c2c(Oc3ccc(NC(=O)NCCCN4CCOCC4)cc3C(F)(F)F)ccnc21. The van der Waals surface area contributed by atoms with Crippen molar-refractivity contribution in [2.24, 2.45) is 0 Å². The summed E-state index contributed by atoms with van der Waals surface area (Å²) in [4.78, 5) is 18.6. The molecule has 3 aromatic rings. The third-order valence-corrected chi connectivity index (χ3v) is 8.76. The number of ether oxygens (including phenoxy) is 3. The zero-order valence-electron chi connectivity index (χ0n) is 25.3. The molecule has 0 bridgehead atoms. The van der Waals surface area contributed by atoms with Crippen LogP contribution in [0.1, 0.15) is 17.5 Å². The Kier molecular flexibility index (Phi) is 11.0. The number of fused-ring (bicyclic) bond motifs is 1. The monoisotopic (exact) mass is 661 g/mol. The molecule has 0 radical (unpaired) electrons. The van der Waals surface area contributed by atoms with Gasteiger partial charge in [0.25, 0.3) is 0 Å². The van der Waals surface area contributed by atoms with Gasteiger partial charge in [-0.3, -0.25) is 4.90 Å². The lowest BCUT2D eigenvalue weighted by molar-refractivity contribution is -0.139. The molecule has 45 heavy (non-hydrogen) atoms. The van der Waals surface area contributed by atoms with E-state index >= 15 is 0 Å². The van der Waals surface area contributed by atoms with Crippen LogP contribution in [-0.2, 0) is 28.6 Å². The molecule has 1 aliphatic rings. The van der Waals surface area contributed by atoms with Crippen molar-refractivity contribution in [3.63, 3.8) is 0 Å². The fourth-order valence-electron chi connectivity index (χ4n) is 4.67. The molecule has 248 valence electrons. The largest absolute Gasteiger partial charge is 0.456 e. The predicted molar refractivity (Wildman–Crippen MR) is 159 cm³/mol. The molecular weight excluding hydrogens is 624 g/mol. The second-order valence-electron chi connectivity index (χ2n) is 11.9. The van der Waals surface area contributed by atoms with Crippen LogP contribution in [0.2, 0.25) is 25.7 Å². The molecule has 4 rings (SSSR count). The first-order valence-electron chi connectivity index (χ1n) is 14.5. The Balaban J connectivity index is 1.51. The Morgan fingerprint density at radius 1 is 1.02 bits per heavy atom. The second kappa shape index (κ2) is 14.4. The lowest BCUT2D eigenvalue weighted by Crippen LogP contribution is -2.38. The number of aromatic nitrogens is 2. The van der Waals surface area contributed by atoms with E-state index in [1.54, 1.807) is 0 Å². The molecule has 2 N–H and O–H groups in total. The van der Waals surface area contributed by atoms with Crippen LogP contribution in [0.3, 0.4) is 0 Å². The third kappa shape index (κ3) is 9.82. The summed E-state index contributed by atoms with van der Waals surface area (Å²) in [6, 6.07) is 3.97. The molecule has 0 spiro atoms. The van der Waals surface area contributed by atoms with Gasteiger partial charge in [-0.2, -0.15) is 26.3 Å². The summed E-state index contributed by atoms with van der Waals surface area (Å²) in [5.41, 5.74) is -2.71. The van der Waals surface area contributed by atoms with E-state index in [1.165, 1.54) is 6.07 Å². The second-order valence-corrected chi connectivity index (χ2v) is 17.5. The molecule has 2 amide bonds. The molecule has 3 heterocycles. The van der Waals surface area contributed by atoms with Crippen molar-refractivity contribution in [1.29, 1.82) is 0 Å². The van der Waals surface area contributed by atoms with Crippen molar-refractivity contribution in [2.75, 3.05) is 51.3 Å². The fourth-order valence-corrected chi connectivity index (χ4v) is 5.42. The third-order valence-electron chi connectivity index (χ3n) is 7.05. The van der Waals surface area contributed by atoms with E-state index in [0.29, 0.717) is 38.9 Å². The first-order valence-corrected chi connectivity index (χ1v) is 18.2. The number of alkyl halides is 6. The highest BCUT2D eigenvalue weighted by Gasteiger charge is 2.38. The first kappa shape index (κ1) is 34.5. The van der Waals surface area contributed by atoms with Crippen LogP contribution in [-0.4, -0.2) is 74.6 Å². The number of rotatable bonds is 12. The summed E-state index contributed by atoms with van der Waals surface area (Å²) in [7, 11) is -1.45. The number of hydrogen-bond donors (Lipinski definition) is 2. The van der Waals surface area contributed by atoms with Crippen LogP contribution < -0.4 is 15.4 Å². The molecule has 16 heteroatoms. The van der Waals surface area contributed by atoms with Crippen LogP contribution >= 0.6 is 0 Å². The number of benzene rings is 1. The van der Waals surface area contributed by atoms with Gasteiger partial charge in [0.15, 0.2) is 0 Å². The van der Waals surface area contributed by atoms with E-state index in [2.05, 4.69) is 40.2 Å². The minimum Gasteiger partial charge on any atom is -0.456 e. The van der Waals surface area contributed by atoms with E-state index in [1.807, 2.05) is 0 Å². The van der Waals surface area contributed by atoms with E-state index < -0.39 is 54.5 Å². The van der Waals surface area contributed by atoms with E-state index in [-0.39, 0.29) is 18.1 Å². The number of urea groups is 1. The maximum atomic E-state index is 14.1. The molecule has 1 aromatic carbocycles. The molecule has 0 saturated carbocycles. The number of halogens is 6. The Hall–Kier alpha value is -3.34. The molecule has 0 aliphatic carbocycles. The number of amides is 2. The molecule has 0 atom stereocenters. The number of carbonyl (C=O) groups is 1. The molecule has 9 nitrogen and oxygen atoms in total. The average molecular weight is 662 g/mol. The minimum atomic E-state index is -4.95. The zero-order chi connectivity index (χ0) is 32.8. The van der Waals surface area contributed by atoms with E-state index in [0.717, 1.165) is 54.8 Å². The first-order chi connectivity index (χ1) is 21.1. The molecule has 0 unspecified atom stereocenters. The number of morpholine rings is 1. The Morgan fingerprint density at radius 2 is 1.73 bits per heavy atom.